The highest BCUT2D eigenvalue weighted by molar-refractivity contribution is 5.85. The molecule has 1 saturated heterocycles. The fraction of sp³-hybridized carbons (Fsp3) is 0.500. The van der Waals surface area contributed by atoms with Crippen LogP contribution in [0.25, 0.3) is 11.5 Å². The lowest BCUT2D eigenvalue weighted by Gasteiger charge is -2.32. The molecule has 1 aliphatic carbocycles. The minimum Gasteiger partial charge on any atom is -0.480 e. The molecule has 0 bridgehead atoms. The van der Waals surface area contributed by atoms with Crippen LogP contribution in [0.3, 0.4) is 0 Å². The third-order valence-corrected chi connectivity index (χ3v) is 5.70. The summed E-state index contributed by atoms with van der Waals surface area (Å²) in [6.07, 6.45) is 7.10. The number of hydrogen-bond donors (Lipinski definition) is 1. The first kappa shape index (κ1) is 18.9. The minimum absolute atomic E-state index is 0. The molecule has 26 heavy (non-hydrogen) atoms. The maximum absolute atomic E-state index is 11.7. The first-order valence-corrected chi connectivity index (χ1v) is 9.12. The van der Waals surface area contributed by atoms with Crippen LogP contribution in [-0.4, -0.2) is 33.0 Å². The molecule has 0 radical (unpaired) electrons. The number of aryl methyl sites for hydroxylation is 1. The lowest BCUT2D eigenvalue weighted by atomic mass is 9.85. The summed E-state index contributed by atoms with van der Waals surface area (Å²) in [7, 11) is 0. The number of benzene rings is 1. The van der Waals surface area contributed by atoms with E-state index < -0.39 is 12.0 Å². The molecule has 0 spiro atoms. The van der Waals surface area contributed by atoms with E-state index in [2.05, 4.69) is 9.88 Å². The van der Waals surface area contributed by atoms with Crippen molar-refractivity contribution in [1.82, 2.24) is 9.88 Å². The molecule has 2 heterocycles. The molecular weight excluding hydrogens is 352 g/mol. The zero-order chi connectivity index (χ0) is 17.4. The van der Waals surface area contributed by atoms with E-state index in [1.807, 2.05) is 31.2 Å². The highest BCUT2D eigenvalue weighted by atomic mass is 35.5. The van der Waals surface area contributed by atoms with Crippen LogP contribution in [0.1, 0.15) is 43.4 Å². The monoisotopic (exact) mass is 376 g/mol. The quantitative estimate of drug-likeness (QED) is 0.862. The third-order valence-electron chi connectivity index (χ3n) is 5.70. The van der Waals surface area contributed by atoms with E-state index in [4.69, 9.17) is 4.42 Å². The Morgan fingerprint density at radius 3 is 2.73 bits per heavy atom. The number of nitrogens with zero attached hydrogens (tertiary/aromatic N) is 2. The molecule has 1 aromatic heterocycles. The highest BCUT2D eigenvalue weighted by Gasteiger charge is 2.45. The topological polar surface area (TPSA) is 66.6 Å². The van der Waals surface area contributed by atoms with Crippen molar-refractivity contribution in [2.75, 3.05) is 0 Å². The van der Waals surface area contributed by atoms with Gasteiger partial charge in [-0.1, -0.05) is 30.5 Å². The van der Waals surface area contributed by atoms with Gasteiger partial charge in [0, 0.05) is 18.2 Å². The van der Waals surface area contributed by atoms with E-state index in [1.54, 1.807) is 6.26 Å². The molecule has 2 aliphatic rings. The SMILES string of the molecule is Cc1ccc(-c2nc(CN3C(C(=O)O)CC4CCCCC43)co2)cc1.Cl. The molecule has 2 fully saturated rings. The van der Waals surface area contributed by atoms with Crippen LogP contribution in [0.15, 0.2) is 34.9 Å². The summed E-state index contributed by atoms with van der Waals surface area (Å²) in [5.74, 6) is 0.399. The van der Waals surface area contributed by atoms with Gasteiger partial charge in [0.25, 0.3) is 0 Å². The van der Waals surface area contributed by atoms with E-state index in [1.165, 1.54) is 18.4 Å². The van der Waals surface area contributed by atoms with Crippen molar-refractivity contribution in [1.29, 1.82) is 0 Å². The second-order valence-electron chi connectivity index (χ2n) is 7.38. The van der Waals surface area contributed by atoms with Crippen LogP contribution in [0.5, 0.6) is 0 Å². The van der Waals surface area contributed by atoms with Gasteiger partial charge in [0.15, 0.2) is 0 Å². The van der Waals surface area contributed by atoms with Gasteiger partial charge in [-0.2, -0.15) is 0 Å². The smallest absolute Gasteiger partial charge is 0.320 e. The molecule has 4 rings (SSSR count). The molecule has 1 aromatic carbocycles. The molecule has 1 saturated carbocycles. The van der Waals surface area contributed by atoms with Gasteiger partial charge in [0.1, 0.15) is 12.3 Å². The first-order valence-electron chi connectivity index (χ1n) is 9.12. The number of carbonyl (C=O) groups is 1. The van der Waals surface area contributed by atoms with Gasteiger partial charge >= 0.3 is 5.97 Å². The summed E-state index contributed by atoms with van der Waals surface area (Å²) in [5, 5.41) is 9.63. The van der Waals surface area contributed by atoms with Crippen molar-refractivity contribution in [3.05, 3.63) is 41.8 Å². The maximum atomic E-state index is 11.7. The fourth-order valence-corrected chi connectivity index (χ4v) is 4.42. The van der Waals surface area contributed by atoms with Gasteiger partial charge in [-0.15, -0.1) is 12.4 Å². The average molecular weight is 377 g/mol. The Bertz CT molecular complexity index is 759. The average Bonchev–Trinajstić information content (AvgIpc) is 3.21. The lowest BCUT2D eigenvalue weighted by Crippen LogP contribution is -2.41. The molecule has 5 nitrogen and oxygen atoms in total. The van der Waals surface area contributed by atoms with E-state index in [9.17, 15) is 9.90 Å². The number of fused-ring (bicyclic) bond motifs is 1. The van der Waals surface area contributed by atoms with Gasteiger partial charge in [0.05, 0.1) is 5.69 Å². The standard InChI is InChI=1S/C20H24N2O3.ClH/c1-13-6-8-14(9-7-13)19-21-16(12-25-19)11-22-17-5-3-2-4-15(17)10-18(22)20(23)24;/h6-9,12,15,17-18H,2-5,10-11H2,1H3,(H,23,24);1H. The molecule has 2 aromatic rings. The van der Waals surface area contributed by atoms with E-state index in [-0.39, 0.29) is 12.4 Å². The number of aromatic nitrogens is 1. The Morgan fingerprint density at radius 2 is 2.00 bits per heavy atom. The number of carboxylic acid groups (broad SMARTS) is 1. The van der Waals surface area contributed by atoms with Gasteiger partial charge in [0.2, 0.25) is 5.89 Å². The molecular formula is C20H25ClN2O3. The Balaban J connectivity index is 0.00000196. The summed E-state index contributed by atoms with van der Waals surface area (Å²) in [6, 6.07) is 8.04. The normalized spacial score (nSPS) is 25.5. The van der Waals surface area contributed by atoms with Gasteiger partial charge in [-0.3, -0.25) is 9.69 Å². The minimum atomic E-state index is -0.711. The Labute approximate surface area is 159 Å². The molecule has 1 aliphatic heterocycles. The van der Waals surface area contributed by atoms with Crippen molar-refractivity contribution in [2.24, 2.45) is 5.92 Å². The first-order chi connectivity index (χ1) is 12.1. The largest absolute Gasteiger partial charge is 0.480 e. The second kappa shape index (κ2) is 7.80. The van der Waals surface area contributed by atoms with Crippen LogP contribution in [0.4, 0.5) is 0 Å². The van der Waals surface area contributed by atoms with Crippen LogP contribution >= 0.6 is 12.4 Å². The molecule has 1 N–H and O–H groups in total. The summed E-state index contributed by atoms with van der Waals surface area (Å²) in [5.41, 5.74) is 2.96. The predicted octanol–water partition coefficient (Wildman–Crippen LogP) is 4.29. The Morgan fingerprint density at radius 1 is 1.27 bits per heavy atom. The van der Waals surface area contributed by atoms with Crippen molar-refractivity contribution >= 4 is 18.4 Å². The summed E-state index contributed by atoms with van der Waals surface area (Å²) >= 11 is 0. The molecule has 140 valence electrons. The second-order valence-corrected chi connectivity index (χ2v) is 7.38. The zero-order valence-corrected chi connectivity index (χ0v) is 15.7. The van der Waals surface area contributed by atoms with Gasteiger partial charge in [-0.05, 0) is 44.2 Å². The number of hydrogen-bond acceptors (Lipinski definition) is 4. The number of aliphatic carboxylic acids is 1. The molecule has 3 atom stereocenters. The number of oxazole rings is 1. The van der Waals surface area contributed by atoms with Crippen molar-refractivity contribution in [3.8, 4) is 11.5 Å². The number of likely N-dealkylation sites (tertiary alicyclic amines) is 1. The maximum Gasteiger partial charge on any atom is 0.320 e. The van der Waals surface area contributed by atoms with E-state index in [0.717, 1.165) is 30.5 Å². The van der Waals surface area contributed by atoms with Crippen LogP contribution in [0.2, 0.25) is 0 Å². The molecule has 6 heteroatoms. The zero-order valence-electron chi connectivity index (χ0n) is 14.9. The molecule has 0 amide bonds. The predicted molar refractivity (Wildman–Crippen MR) is 101 cm³/mol. The van der Waals surface area contributed by atoms with Crippen LogP contribution in [-0.2, 0) is 11.3 Å². The molecule has 3 unspecified atom stereocenters. The van der Waals surface area contributed by atoms with E-state index >= 15 is 0 Å². The van der Waals surface area contributed by atoms with Crippen molar-refractivity contribution in [3.63, 3.8) is 0 Å². The lowest BCUT2D eigenvalue weighted by molar-refractivity contribution is -0.142. The third kappa shape index (κ3) is 3.64. The Hall–Kier alpha value is -1.85. The van der Waals surface area contributed by atoms with Crippen molar-refractivity contribution in [2.45, 2.75) is 57.7 Å². The number of carboxylic acids is 1. The number of halogens is 1. The van der Waals surface area contributed by atoms with Crippen LogP contribution < -0.4 is 0 Å². The number of rotatable bonds is 4. The summed E-state index contributed by atoms with van der Waals surface area (Å²) in [6.45, 7) is 2.60. The highest BCUT2D eigenvalue weighted by Crippen LogP contribution is 2.40. The van der Waals surface area contributed by atoms with Gasteiger partial charge in [-0.25, -0.2) is 4.98 Å². The van der Waals surface area contributed by atoms with Crippen molar-refractivity contribution < 1.29 is 14.3 Å². The van der Waals surface area contributed by atoms with Gasteiger partial charge < -0.3 is 9.52 Å². The fourth-order valence-electron chi connectivity index (χ4n) is 4.42. The summed E-state index contributed by atoms with van der Waals surface area (Å²) < 4.78 is 5.65. The van der Waals surface area contributed by atoms with E-state index in [0.29, 0.717) is 24.4 Å². The van der Waals surface area contributed by atoms with Crippen LogP contribution in [0, 0.1) is 12.8 Å². The summed E-state index contributed by atoms with van der Waals surface area (Å²) in [4.78, 5) is 18.5. The Kier molecular flexibility index (Phi) is 5.68.